The van der Waals surface area contributed by atoms with Gasteiger partial charge < -0.3 is 11.1 Å². The number of nitrogens with one attached hydrogen (secondary N) is 1. The Morgan fingerprint density at radius 2 is 1.91 bits per heavy atom. The summed E-state index contributed by atoms with van der Waals surface area (Å²) in [6.45, 7) is 0. The van der Waals surface area contributed by atoms with Crippen LogP contribution in [-0.2, 0) is 0 Å². The van der Waals surface area contributed by atoms with E-state index in [1.807, 2.05) is 0 Å². The fraction of sp³-hybridized carbons (Fsp3) is 0. The van der Waals surface area contributed by atoms with Crippen LogP contribution in [0.5, 0.6) is 0 Å². The molecule has 0 spiro atoms. The number of thiophene rings is 1. The number of rotatable bonds is 3. The molecule has 0 aliphatic carbocycles. The van der Waals surface area contributed by atoms with E-state index in [2.05, 4.69) is 10.3 Å². The minimum Gasteiger partial charge on any atom is -0.365 e. The third kappa shape index (κ3) is 2.66. The van der Waals surface area contributed by atoms with Crippen LogP contribution in [-0.4, -0.2) is 16.8 Å². The molecule has 0 aliphatic heterocycles. The number of nitrogens with two attached hydrogens (primary N) is 1. The normalized spacial score (nSPS) is 10.6. The number of carbonyl (C=O) groups excluding carboxylic acids is 2. The summed E-state index contributed by atoms with van der Waals surface area (Å²) >= 11 is 6.95. The number of amides is 2. The Bertz CT molecular complexity index is 874. The molecule has 2 heterocycles. The number of nitrogens with zero attached hydrogens (tertiary/aromatic N) is 1. The molecule has 2 amide bonds. The first kappa shape index (κ1) is 14.5. The van der Waals surface area contributed by atoms with Crippen molar-refractivity contribution < 1.29 is 9.59 Å². The van der Waals surface area contributed by atoms with Crippen molar-refractivity contribution in [2.75, 3.05) is 5.32 Å². The maximum Gasteiger partial charge on any atom is 0.261 e. The van der Waals surface area contributed by atoms with Crippen molar-refractivity contribution in [1.29, 1.82) is 0 Å². The minimum absolute atomic E-state index is 0.274. The second kappa shape index (κ2) is 5.75. The SMILES string of the molecule is NC(=O)c1sc2ncccc2c1NC(=O)c1ccc(Cl)cc1. The fourth-order valence-electron chi connectivity index (χ4n) is 2.02. The molecular weight excluding hydrogens is 322 g/mol. The molecule has 2 aromatic heterocycles. The van der Waals surface area contributed by atoms with Gasteiger partial charge in [-0.15, -0.1) is 11.3 Å². The van der Waals surface area contributed by atoms with Gasteiger partial charge in [-0.2, -0.15) is 0 Å². The van der Waals surface area contributed by atoms with E-state index in [0.29, 0.717) is 26.5 Å². The molecule has 3 aromatic rings. The number of anilines is 1. The zero-order chi connectivity index (χ0) is 15.7. The Balaban J connectivity index is 2.02. The second-order valence-corrected chi connectivity index (χ2v) is 5.92. The fourth-order valence-corrected chi connectivity index (χ4v) is 3.09. The lowest BCUT2D eigenvalue weighted by Crippen LogP contribution is -2.16. The summed E-state index contributed by atoms with van der Waals surface area (Å²) in [5.41, 5.74) is 6.21. The van der Waals surface area contributed by atoms with Crippen LogP contribution in [0.4, 0.5) is 5.69 Å². The maximum absolute atomic E-state index is 12.3. The van der Waals surface area contributed by atoms with Gasteiger partial charge in [0, 0.05) is 22.2 Å². The van der Waals surface area contributed by atoms with Crippen molar-refractivity contribution in [3.8, 4) is 0 Å². The molecule has 3 N–H and O–H groups in total. The lowest BCUT2D eigenvalue weighted by Gasteiger charge is -2.06. The molecule has 22 heavy (non-hydrogen) atoms. The first-order chi connectivity index (χ1) is 10.6. The molecule has 0 fully saturated rings. The second-order valence-electron chi connectivity index (χ2n) is 4.49. The van der Waals surface area contributed by atoms with E-state index in [9.17, 15) is 9.59 Å². The minimum atomic E-state index is -0.602. The summed E-state index contributed by atoms with van der Waals surface area (Å²) in [7, 11) is 0. The van der Waals surface area contributed by atoms with Gasteiger partial charge in [-0.3, -0.25) is 9.59 Å². The molecule has 0 atom stereocenters. The van der Waals surface area contributed by atoms with Gasteiger partial charge in [0.15, 0.2) is 0 Å². The van der Waals surface area contributed by atoms with E-state index in [1.54, 1.807) is 42.6 Å². The molecule has 110 valence electrons. The Labute approximate surface area is 134 Å². The molecule has 7 heteroatoms. The maximum atomic E-state index is 12.3. The summed E-state index contributed by atoms with van der Waals surface area (Å²) in [5, 5.41) is 3.96. The van der Waals surface area contributed by atoms with E-state index in [-0.39, 0.29) is 10.8 Å². The molecule has 0 aliphatic rings. The molecule has 0 radical (unpaired) electrons. The highest BCUT2D eigenvalue weighted by molar-refractivity contribution is 7.21. The molecule has 1 aromatic carbocycles. The van der Waals surface area contributed by atoms with Gasteiger partial charge in [-0.25, -0.2) is 4.98 Å². The zero-order valence-electron chi connectivity index (χ0n) is 11.2. The van der Waals surface area contributed by atoms with Crippen LogP contribution in [0.1, 0.15) is 20.0 Å². The molecule has 0 unspecified atom stereocenters. The van der Waals surface area contributed by atoms with E-state index in [4.69, 9.17) is 17.3 Å². The van der Waals surface area contributed by atoms with E-state index in [1.165, 1.54) is 0 Å². The number of pyridine rings is 1. The van der Waals surface area contributed by atoms with Crippen molar-refractivity contribution in [3.63, 3.8) is 0 Å². The average Bonchev–Trinajstić information content (AvgIpc) is 2.87. The average molecular weight is 332 g/mol. The molecule has 5 nitrogen and oxygen atoms in total. The van der Waals surface area contributed by atoms with Crippen molar-refractivity contribution in [2.45, 2.75) is 0 Å². The Morgan fingerprint density at radius 3 is 2.59 bits per heavy atom. The van der Waals surface area contributed by atoms with Gasteiger partial charge in [0.05, 0.1) is 5.69 Å². The zero-order valence-corrected chi connectivity index (χ0v) is 12.7. The van der Waals surface area contributed by atoms with Crippen molar-refractivity contribution in [2.24, 2.45) is 5.73 Å². The van der Waals surface area contributed by atoms with Gasteiger partial charge >= 0.3 is 0 Å². The van der Waals surface area contributed by atoms with E-state index < -0.39 is 5.91 Å². The van der Waals surface area contributed by atoms with Gasteiger partial charge in [0.2, 0.25) is 0 Å². The molecular formula is C15H10ClN3O2S. The number of carbonyl (C=O) groups is 2. The number of aromatic nitrogens is 1. The van der Waals surface area contributed by atoms with Crippen LogP contribution < -0.4 is 11.1 Å². The van der Waals surface area contributed by atoms with Crippen LogP contribution >= 0.6 is 22.9 Å². The number of hydrogen-bond donors (Lipinski definition) is 2. The predicted molar refractivity (Wildman–Crippen MR) is 87.5 cm³/mol. The summed E-state index contributed by atoms with van der Waals surface area (Å²) in [4.78, 5) is 29.0. The largest absolute Gasteiger partial charge is 0.365 e. The summed E-state index contributed by atoms with van der Waals surface area (Å²) in [5.74, 6) is -0.947. The quantitative estimate of drug-likeness (QED) is 0.772. The van der Waals surface area contributed by atoms with E-state index >= 15 is 0 Å². The number of hydrogen-bond acceptors (Lipinski definition) is 4. The summed E-state index contributed by atoms with van der Waals surface area (Å²) in [6.07, 6.45) is 1.62. The lowest BCUT2D eigenvalue weighted by atomic mass is 10.2. The highest BCUT2D eigenvalue weighted by Crippen LogP contribution is 2.34. The van der Waals surface area contributed by atoms with Crippen LogP contribution in [0.3, 0.4) is 0 Å². The summed E-state index contributed by atoms with van der Waals surface area (Å²) < 4.78 is 0. The topological polar surface area (TPSA) is 85.1 Å². The number of halogens is 1. The first-order valence-electron chi connectivity index (χ1n) is 6.30. The first-order valence-corrected chi connectivity index (χ1v) is 7.50. The number of fused-ring (bicyclic) bond motifs is 1. The summed E-state index contributed by atoms with van der Waals surface area (Å²) in [6, 6.07) is 9.97. The van der Waals surface area contributed by atoms with Gasteiger partial charge in [-0.1, -0.05) is 11.6 Å². The monoisotopic (exact) mass is 331 g/mol. The third-order valence-corrected chi connectivity index (χ3v) is 4.42. The Kier molecular flexibility index (Phi) is 3.79. The van der Waals surface area contributed by atoms with Crippen molar-refractivity contribution in [3.05, 3.63) is 58.1 Å². The van der Waals surface area contributed by atoms with Crippen LogP contribution in [0.15, 0.2) is 42.6 Å². The smallest absolute Gasteiger partial charge is 0.261 e. The highest BCUT2D eigenvalue weighted by Gasteiger charge is 2.19. The predicted octanol–water partition coefficient (Wildman–Crippen LogP) is 3.30. The molecule has 0 saturated heterocycles. The third-order valence-electron chi connectivity index (χ3n) is 3.04. The number of primary amides is 1. The van der Waals surface area contributed by atoms with E-state index in [0.717, 1.165) is 11.3 Å². The number of benzene rings is 1. The Hall–Kier alpha value is -2.44. The highest BCUT2D eigenvalue weighted by atomic mass is 35.5. The Morgan fingerprint density at radius 1 is 1.18 bits per heavy atom. The van der Waals surface area contributed by atoms with Gasteiger partial charge in [0.25, 0.3) is 11.8 Å². The van der Waals surface area contributed by atoms with Crippen LogP contribution in [0.2, 0.25) is 5.02 Å². The van der Waals surface area contributed by atoms with Crippen LogP contribution in [0.25, 0.3) is 10.2 Å². The van der Waals surface area contributed by atoms with Gasteiger partial charge in [-0.05, 0) is 36.4 Å². The lowest BCUT2D eigenvalue weighted by molar-refractivity contribution is 0.100. The standard InChI is InChI=1S/C15H10ClN3O2S/c16-9-5-3-8(4-6-9)14(21)19-11-10-2-1-7-18-15(10)22-12(11)13(17)20/h1-7H,(H2,17,20)(H,19,21). The molecule has 0 bridgehead atoms. The van der Waals surface area contributed by atoms with Crippen LogP contribution in [0, 0.1) is 0 Å². The molecule has 3 rings (SSSR count). The van der Waals surface area contributed by atoms with Crippen molar-refractivity contribution >= 4 is 50.7 Å². The van der Waals surface area contributed by atoms with Crippen molar-refractivity contribution in [1.82, 2.24) is 4.98 Å². The molecule has 0 saturated carbocycles. The van der Waals surface area contributed by atoms with Gasteiger partial charge in [0.1, 0.15) is 9.71 Å².